The van der Waals surface area contributed by atoms with E-state index in [0.29, 0.717) is 33.9 Å². The van der Waals surface area contributed by atoms with Crippen LogP contribution in [0.1, 0.15) is 33.3 Å². The highest BCUT2D eigenvalue weighted by molar-refractivity contribution is 8.20. The first kappa shape index (κ1) is 32.0. The molecule has 2 fully saturated rings. The van der Waals surface area contributed by atoms with Crippen LogP contribution in [0.2, 0.25) is 0 Å². The molecule has 3 aliphatic rings. The maximum Gasteiger partial charge on any atom is 0.291 e. The van der Waals surface area contributed by atoms with Crippen molar-refractivity contribution in [2.75, 3.05) is 13.1 Å². The van der Waals surface area contributed by atoms with E-state index >= 15 is 0 Å². The summed E-state index contributed by atoms with van der Waals surface area (Å²) >= 11 is 7.61. The molecule has 2 amide bonds. The van der Waals surface area contributed by atoms with Crippen molar-refractivity contribution in [3.05, 3.63) is 38.3 Å². The first-order valence-corrected chi connectivity index (χ1v) is 18.8. The molecule has 0 aromatic carbocycles. The van der Waals surface area contributed by atoms with Gasteiger partial charge in [-0.2, -0.15) is 10.5 Å². The van der Waals surface area contributed by atoms with Crippen LogP contribution in [0.15, 0.2) is 31.3 Å². The van der Waals surface area contributed by atoms with Crippen LogP contribution in [-0.2, 0) is 15.2 Å². The molecule has 0 aliphatic carbocycles. The zero-order valence-corrected chi connectivity index (χ0v) is 30.0. The third-order valence-corrected chi connectivity index (χ3v) is 13.8. The molecule has 0 saturated carbocycles. The molecule has 19 heteroatoms. The summed E-state index contributed by atoms with van der Waals surface area (Å²) in [5.74, 6) is -0.0733. The van der Waals surface area contributed by atoms with E-state index in [1.807, 2.05) is 32.1 Å². The fourth-order valence-corrected chi connectivity index (χ4v) is 12.3. The van der Waals surface area contributed by atoms with E-state index in [1.54, 1.807) is 13.8 Å². The Morgan fingerprint density at radius 3 is 1.96 bits per heavy atom. The minimum absolute atomic E-state index is 0.141. The highest BCUT2D eigenvalue weighted by Gasteiger charge is 2.41. The molecule has 0 N–H and O–H groups in total. The van der Waals surface area contributed by atoms with Crippen molar-refractivity contribution in [2.24, 2.45) is 9.98 Å². The summed E-state index contributed by atoms with van der Waals surface area (Å²) in [6, 6.07) is 5.55. The average Bonchev–Trinajstić information content (AvgIpc) is 3.88. The fourth-order valence-electron chi connectivity index (χ4n) is 5.17. The summed E-state index contributed by atoms with van der Waals surface area (Å²) in [6.07, 6.45) is 0. The van der Waals surface area contributed by atoms with Gasteiger partial charge in [-0.1, -0.05) is 34.4 Å². The monoisotopic (exact) mass is 744 g/mol. The Hall–Kier alpha value is -4.60. The van der Waals surface area contributed by atoms with Gasteiger partial charge < -0.3 is 9.64 Å². The van der Waals surface area contributed by atoms with Crippen LogP contribution in [0.5, 0.6) is 5.75 Å². The second kappa shape index (κ2) is 11.8. The van der Waals surface area contributed by atoms with E-state index in [-0.39, 0.29) is 43.2 Å². The van der Waals surface area contributed by atoms with Crippen molar-refractivity contribution in [3.63, 3.8) is 0 Å². The third-order valence-electron chi connectivity index (χ3n) is 7.22. The van der Waals surface area contributed by atoms with Crippen LogP contribution in [0.25, 0.3) is 33.7 Å². The summed E-state index contributed by atoms with van der Waals surface area (Å²) in [5, 5.41) is 29.6. The van der Waals surface area contributed by atoms with Crippen molar-refractivity contribution in [1.82, 2.24) is 19.8 Å². The number of allylic oxidation sites excluding steroid dienone is 2. The van der Waals surface area contributed by atoms with Crippen LogP contribution in [-0.4, -0.2) is 54.8 Å². The van der Waals surface area contributed by atoms with E-state index in [1.165, 1.54) is 55.1 Å². The highest BCUT2D eigenvalue weighted by Crippen LogP contribution is 2.60. The molecule has 13 nitrogen and oxygen atoms in total. The molecule has 7 heterocycles. The van der Waals surface area contributed by atoms with E-state index in [0.717, 1.165) is 53.1 Å². The molecule has 4 aromatic rings. The predicted molar refractivity (Wildman–Crippen MR) is 189 cm³/mol. The number of thiazole rings is 2. The Morgan fingerprint density at radius 1 is 0.854 bits per heavy atom. The Bertz CT molecular complexity index is 2410. The van der Waals surface area contributed by atoms with Gasteiger partial charge in [0.15, 0.2) is 21.4 Å². The number of hydrogen-bond acceptors (Lipinski definition) is 16. The van der Waals surface area contributed by atoms with Crippen LogP contribution < -0.4 is 4.74 Å². The van der Waals surface area contributed by atoms with E-state index in [4.69, 9.17) is 21.3 Å². The number of carbonyl (C=O) groups excluding carboxylic acids is 2. The van der Waals surface area contributed by atoms with Gasteiger partial charge in [-0.15, -0.1) is 22.7 Å². The molecule has 0 unspecified atom stereocenters. The van der Waals surface area contributed by atoms with Gasteiger partial charge >= 0.3 is 0 Å². The van der Waals surface area contributed by atoms with Crippen molar-refractivity contribution in [2.45, 2.75) is 33.3 Å². The van der Waals surface area contributed by atoms with Gasteiger partial charge in [0.05, 0.1) is 27.1 Å². The average molecular weight is 745 g/mol. The number of thioether (sulfide) groups is 2. The standard InChI is InChI=1S/C29H16N10O3S6/c1-6-38-23(40)21(47-25(38)11(8-30)9-31)36-28-35-20-18(46-28)14-17(44-20)15-13(29(3,4)42-14)16-19(43-15)34-27(45-16)37-22-24(41)39(7-2)26(48-22)12(10-32)33-5/h6-7H2,1-4H3/b26-12+,36-21?,37-22?. The summed E-state index contributed by atoms with van der Waals surface area (Å²) in [4.78, 5) is 53.9. The topological polar surface area (TPSA) is 176 Å². The third kappa shape index (κ3) is 4.82. The number of thiophene rings is 2. The van der Waals surface area contributed by atoms with Gasteiger partial charge in [-0.05, 0) is 39.5 Å². The smallest absolute Gasteiger partial charge is 0.291 e. The minimum Gasteiger partial charge on any atom is -0.480 e. The molecule has 7 rings (SSSR count). The van der Waals surface area contributed by atoms with E-state index < -0.39 is 5.60 Å². The number of aromatic nitrogens is 2. The van der Waals surface area contributed by atoms with Gasteiger partial charge in [0.1, 0.15) is 42.2 Å². The van der Waals surface area contributed by atoms with E-state index in [9.17, 15) is 25.4 Å². The number of ether oxygens (including phenoxy) is 1. The fraction of sp³-hybridized carbons (Fsp3) is 0.241. The lowest BCUT2D eigenvalue weighted by atomic mass is 9.95. The summed E-state index contributed by atoms with van der Waals surface area (Å²) in [5.41, 5.74) is -0.0849. The molecule has 236 valence electrons. The van der Waals surface area contributed by atoms with Crippen molar-refractivity contribution in [1.29, 1.82) is 15.8 Å². The van der Waals surface area contributed by atoms with Crippen molar-refractivity contribution < 1.29 is 14.3 Å². The second-order valence-electron chi connectivity index (χ2n) is 10.4. The molecular weight excluding hydrogens is 729 g/mol. The van der Waals surface area contributed by atoms with E-state index in [2.05, 4.69) is 14.8 Å². The normalized spacial score (nSPS) is 19.4. The molecule has 0 radical (unpaired) electrons. The van der Waals surface area contributed by atoms with Gasteiger partial charge in [0.25, 0.3) is 17.5 Å². The zero-order valence-electron chi connectivity index (χ0n) is 25.1. The number of fused-ring (bicyclic) bond motifs is 7. The molecule has 48 heavy (non-hydrogen) atoms. The number of hydrogen-bond donors (Lipinski definition) is 0. The van der Waals surface area contributed by atoms with Crippen LogP contribution in [0.3, 0.4) is 0 Å². The number of carbonyl (C=O) groups is 2. The minimum atomic E-state index is -0.755. The predicted octanol–water partition coefficient (Wildman–Crippen LogP) is 7.44. The number of rotatable bonds is 4. The number of nitrogens with zero attached hydrogens (tertiary/aromatic N) is 10. The molecule has 0 spiro atoms. The lowest BCUT2D eigenvalue weighted by Gasteiger charge is -2.31. The lowest BCUT2D eigenvalue weighted by Crippen LogP contribution is -2.27. The molecule has 0 atom stereocenters. The number of aliphatic imine (C=N–C) groups is 2. The first-order valence-electron chi connectivity index (χ1n) is 13.9. The van der Waals surface area contributed by atoms with Crippen LogP contribution >= 0.6 is 68.9 Å². The first-order chi connectivity index (χ1) is 23.1. The summed E-state index contributed by atoms with van der Waals surface area (Å²) < 4.78 is 8.33. The summed E-state index contributed by atoms with van der Waals surface area (Å²) in [7, 11) is 0. The zero-order chi connectivity index (χ0) is 34.1. The van der Waals surface area contributed by atoms with Gasteiger partial charge in [0.2, 0.25) is 10.3 Å². The Morgan fingerprint density at radius 2 is 1.40 bits per heavy atom. The Labute approximate surface area is 296 Å². The number of amides is 2. The van der Waals surface area contributed by atoms with Crippen LogP contribution in [0, 0.1) is 40.6 Å². The van der Waals surface area contributed by atoms with Gasteiger partial charge in [-0.25, -0.2) is 30.1 Å². The SMILES string of the molecule is [C-]#[N+]/C(C#N)=C1/SC(=Nc2nc3sc4c(c3s2)C(C)(C)Oc2c-4sc3nc(N=C4SC(=C(C#N)C#N)N(CC)C4=O)sc23)C(=O)N1CC. The quantitative estimate of drug-likeness (QED) is 0.151. The van der Waals surface area contributed by atoms with Gasteiger partial charge in [-0.3, -0.25) is 14.5 Å². The summed E-state index contributed by atoms with van der Waals surface area (Å²) in [6.45, 7) is 15.4. The molecule has 4 aromatic heterocycles. The molecule has 3 aliphatic heterocycles. The largest absolute Gasteiger partial charge is 0.480 e. The molecular formula is C29H16N10O3S6. The Balaban J connectivity index is 1.25. The lowest BCUT2D eigenvalue weighted by molar-refractivity contribution is -0.121. The van der Waals surface area contributed by atoms with Gasteiger partial charge in [0, 0.05) is 18.7 Å². The van der Waals surface area contributed by atoms with Crippen molar-refractivity contribution >= 4 is 120 Å². The highest BCUT2D eigenvalue weighted by atomic mass is 32.2. The maximum absolute atomic E-state index is 13.0. The second-order valence-corrected chi connectivity index (χ2v) is 16.3. The molecule has 2 saturated heterocycles. The molecule has 0 bridgehead atoms. The van der Waals surface area contributed by atoms with Crippen LogP contribution in [0.4, 0.5) is 10.3 Å². The van der Waals surface area contributed by atoms with Crippen molar-refractivity contribution in [3.8, 4) is 33.7 Å². The number of nitriles is 3. The maximum atomic E-state index is 13.0. The Kier molecular flexibility index (Phi) is 7.88.